The van der Waals surface area contributed by atoms with Crippen LogP contribution in [0.5, 0.6) is 0 Å². The second-order valence-corrected chi connectivity index (χ2v) is 4.55. The molecule has 1 amide bonds. The average molecular weight is 270 g/mol. The molecule has 7 nitrogen and oxygen atoms in total. The van der Waals surface area contributed by atoms with Gasteiger partial charge in [0.1, 0.15) is 0 Å². The number of aryl methyl sites for hydroxylation is 2. The van der Waals surface area contributed by atoms with Crippen LogP contribution in [0.25, 0.3) is 10.9 Å². The third-order valence-electron chi connectivity index (χ3n) is 3.20. The molecule has 0 saturated heterocycles. The van der Waals surface area contributed by atoms with Crippen molar-refractivity contribution in [2.24, 2.45) is 7.05 Å². The van der Waals surface area contributed by atoms with E-state index < -0.39 is 0 Å². The maximum absolute atomic E-state index is 12.3. The van der Waals surface area contributed by atoms with E-state index in [4.69, 9.17) is 5.73 Å². The summed E-state index contributed by atoms with van der Waals surface area (Å²) in [5.41, 5.74) is 8.20. The van der Waals surface area contributed by atoms with E-state index >= 15 is 0 Å². The van der Waals surface area contributed by atoms with Gasteiger partial charge in [-0.05, 0) is 13.0 Å². The molecule has 20 heavy (non-hydrogen) atoms. The van der Waals surface area contributed by atoms with Gasteiger partial charge in [-0.25, -0.2) is 0 Å². The third-order valence-corrected chi connectivity index (χ3v) is 3.20. The summed E-state index contributed by atoms with van der Waals surface area (Å²) in [6, 6.07) is 7.54. The lowest BCUT2D eigenvalue weighted by Crippen LogP contribution is -2.14. The third kappa shape index (κ3) is 1.80. The lowest BCUT2D eigenvalue weighted by atomic mass is 10.2. The van der Waals surface area contributed by atoms with Crippen LogP contribution in [0.15, 0.2) is 24.3 Å². The molecule has 7 heteroatoms. The lowest BCUT2D eigenvalue weighted by molar-refractivity contribution is 0.102. The van der Waals surface area contributed by atoms with E-state index in [1.807, 2.05) is 24.3 Å². The van der Waals surface area contributed by atoms with Gasteiger partial charge in [0.15, 0.2) is 11.5 Å². The summed E-state index contributed by atoms with van der Waals surface area (Å²) in [5, 5.41) is 14.4. The quantitative estimate of drug-likeness (QED) is 0.655. The fraction of sp³-hybridized carbons (Fsp3) is 0.154. The van der Waals surface area contributed by atoms with Crippen molar-refractivity contribution < 1.29 is 4.79 Å². The van der Waals surface area contributed by atoms with E-state index in [1.165, 1.54) is 0 Å². The van der Waals surface area contributed by atoms with E-state index in [9.17, 15) is 4.79 Å². The number of H-pyrrole nitrogens is 1. The number of anilines is 2. The Morgan fingerprint density at radius 2 is 2.15 bits per heavy atom. The van der Waals surface area contributed by atoms with E-state index in [2.05, 4.69) is 20.6 Å². The van der Waals surface area contributed by atoms with E-state index in [0.717, 1.165) is 10.9 Å². The first-order chi connectivity index (χ1) is 9.58. The number of rotatable bonds is 2. The van der Waals surface area contributed by atoms with Gasteiger partial charge in [0.05, 0.1) is 16.9 Å². The van der Waals surface area contributed by atoms with Gasteiger partial charge in [0, 0.05) is 12.4 Å². The number of carbonyl (C=O) groups is 1. The Morgan fingerprint density at radius 1 is 1.40 bits per heavy atom. The van der Waals surface area contributed by atoms with Gasteiger partial charge in [0.25, 0.3) is 5.91 Å². The predicted octanol–water partition coefficient (Wildman–Crippen LogP) is 1.44. The van der Waals surface area contributed by atoms with Crippen molar-refractivity contribution >= 4 is 28.3 Å². The molecule has 3 aromatic rings. The highest BCUT2D eigenvalue weighted by molar-refractivity contribution is 6.11. The van der Waals surface area contributed by atoms with Crippen LogP contribution in [-0.4, -0.2) is 25.9 Å². The number of aromatic nitrogens is 4. The summed E-state index contributed by atoms with van der Waals surface area (Å²) in [5.74, 6) is -0.0118. The molecule has 4 N–H and O–H groups in total. The van der Waals surface area contributed by atoms with Crippen LogP contribution >= 0.6 is 0 Å². The molecular formula is C13H14N6O. The first kappa shape index (κ1) is 12.2. The number of carbonyl (C=O) groups excluding carboxylic acids is 1. The van der Waals surface area contributed by atoms with E-state index in [-0.39, 0.29) is 5.91 Å². The molecule has 1 aromatic carbocycles. The summed E-state index contributed by atoms with van der Waals surface area (Å²) in [7, 11) is 1.80. The zero-order valence-electron chi connectivity index (χ0n) is 11.1. The van der Waals surface area contributed by atoms with E-state index in [1.54, 1.807) is 18.7 Å². The van der Waals surface area contributed by atoms with Gasteiger partial charge in [-0.15, -0.1) is 0 Å². The van der Waals surface area contributed by atoms with Gasteiger partial charge in [-0.3, -0.25) is 14.6 Å². The number of nitrogens with one attached hydrogen (secondary N) is 2. The molecule has 0 aliphatic heterocycles. The zero-order chi connectivity index (χ0) is 14.3. The Labute approximate surface area is 114 Å². The second kappa shape index (κ2) is 4.37. The number of benzene rings is 1. The van der Waals surface area contributed by atoms with Crippen LogP contribution in [-0.2, 0) is 7.05 Å². The number of nitrogens with zero attached hydrogens (tertiary/aromatic N) is 3. The average Bonchev–Trinajstić information content (AvgIpc) is 2.94. The Kier molecular flexibility index (Phi) is 2.67. The first-order valence-corrected chi connectivity index (χ1v) is 6.11. The molecule has 2 aromatic heterocycles. The number of amides is 1. The maximum Gasteiger partial charge on any atom is 0.278 e. The van der Waals surface area contributed by atoms with Crippen LogP contribution in [0, 0.1) is 6.92 Å². The minimum atomic E-state index is -0.333. The molecule has 0 unspecified atom stereocenters. The number of fused-ring (bicyclic) bond motifs is 1. The molecule has 0 atom stereocenters. The van der Waals surface area contributed by atoms with E-state index in [0.29, 0.717) is 22.9 Å². The van der Waals surface area contributed by atoms with Crippen molar-refractivity contribution in [3.8, 4) is 0 Å². The molecule has 0 bridgehead atoms. The number of nitrogens with two attached hydrogens (primary N) is 1. The second-order valence-electron chi connectivity index (χ2n) is 4.55. The Morgan fingerprint density at radius 3 is 2.85 bits per heavy atom. The Hall–Kier alpha value is -2.83. The molecule has 0 fully saturated rings. The van der Waals surface area contributed by atoms with Crippen LogP contribution in [0.3, 0.4) is 0 Å². The van der Waals surface area contributed by atoms with Gasteiger partial charge >= 0.3 is 0 Å². The summed E-state index contributed by atoms with van der Waals surface area (Å²) >= 11 is 0. The van der Waals surface area contributed by atoms with Gasteiger partial charge < -0.3 is 11.1 Å². The predicted molar refractivity (Wildman–Crippen MR) is 76.4 cm³/mol. The monoisotopic (exact) mass is 270 g/mol. The fourth-order valence-electron chi connectivity index (χ4n) is 2.08. The maximum atomic E-state index is 12.3. The number of hydrogen-bond acceptors (Lipinski definition) is 4. The summed E-state index contributed by atoms with van der Waals surface area (Å²) in [4.78, 5) is 12.3. The number of aromatic amines is 1. The van der Waals surface area contributed by atoms with Crippen LogP contribution in [0.2, 0.25) is 0 Å². The molecule has 2 heterocycles. The molecule has 0 saturated carbocycles. The SMILES string of the molecule is Cc1[nH]nc(NC(=O)c2nn(C)c3ccccc23)c1N. The van der Waals surface area contributed by atoms with Crippen molar-refractivity contribution in [1.82, 2.24) is 20.0 Å². The topological polar surface area (TPSA) is 102 Å². The first-order valence-electron chi connectivity index (χ1n) is 6.11. The van der Waals surface area contributed by atoms with Crippen LogP contribution < -0.4 is 11.1 Å². The summed E-state index contributed by atoms with van der Waals surface area (Å²) in [6.45, 7) is 1.79. The van der Waals surface area contributed by atoms with Crippen LogP contribution in [0.1, 0.15) is 16.2 Å². The van der Waals surface area contributed by atoms with Crippen molar-refractivity contribution in [1.29, 1.82) is 0 Å². The highest BCUT2D eigenvalue weighted by atomic mass is 16.2. The summed E-state index contributed by atoms with van der Waals surface area (Å²) in [6.07, 6.45) is 0. The molecule has 0 aliphatic rings. The molecule has 102 valence electrons. The van der Waals surface area contributed by atoms with Gasteiger partial charge in [-0.1, -0.05) is 18.2 Å². The fourth-order valence-corrected chi connectivity index (χ4v) is 2.08. The number of nitrogen functional groups attached to an aromatic ring is 1. The Bertz CT molecular complexity index is 800. The smallest absolute Gasteiger partial charge is 0.278 e. The lowest BCUT2D eigenvalue weighted by Gasteiger charge is -2.00. The largest absolute Gasteiger partial charge is 0.394 e. The zero-order valence-corrected chi connectivity index (χ0v) is 11.1. The minimum absolute atomic E-state index is 0.322. The molecule has 0 spiro atoms. The summed E-state index contributed by atoms with van der Waals surface area (Å²) < 4.78 is 1.67. The van der Waals surface area contributed by atoms with Crippen molar-refractivity contribution in [2.75, 3.05) is 11.1 Å². The number of para-hydroxylation sites is 1. The Balaban J connectivity index is 1.99. The molecule has 0 aliphatic carbocycles. The highest BCUT2D eigenvalue weighted by Crippen LogP contribution is 2.21. The normalized spacial score (nSPS) is 10.9. The van der Waals surface area contributed by atoms with Crippen molar-refractivity contribution in [2.45, 2.75) is 6.92 Å². The van der Waals surface area contributed by atoms with Crippen molar-refractivity contribution in [3.63, 3.8) is 0 Å². The van der Waals surface area contributed by atoms with Crippen LogP contribution in [0.4, 0.5) is 11.5 Å². The number of hydrogen-bond donors (Lipinski definition) is 3. The highest BCUT2D eigenvalue weighted by Gasteiger charge is 2.18. The standard InChI is InChI=1S/C13H14N6O/c1-7-10(14)12(17-16-7)15-13(20)11-8-5-3-4-6-9(8)19(2)18-11/h3-6H,14H2,1-2H3,(H2,15,16,17,20). The minimum Gasteiger partial charge on any atom is -0.394 e. The molecule has 3 rings (SSSR count). The van der Waals surface area contributed by atoms with Gasteiger partial charge in [0.2, 0.25) is 0 Å². The molecular weight excluding hydrogens is 256 g/mol. The van der Waals surface area contributed by atoms with Crippen molar-refractivity contribution in [3.05, 3.63) is 35.7 Å². The van der Waals surface area contributed by atoms with Gasteiger partial charge in [-0.2, -0.15) is 10.2 Å². The molecule has 0 radical (unpaired) electrons.